The molecule has 1 atom stereocenters. The summed E-state index contributed by atoms with van der Waals surface area (Å²) in [6, 6.07) is 4.13. The number of benzene rings is 1. The van der Waals surface area contributed by atoms with Crippen molar-refractivity contribution < 1.29 is 14.3 Å². The molecule has 0 spiro atoms. The van der Waals surface area contributed by atoms with Crippen LogP contribution in [0, 0.1) is 5.92 Å². The number of nitrogens with zero attached hydrogens (tertiary/aromatic N) is 1. The van der Waals surface area contributed by atoms with Crippen molar-refractivity contribution in [3.63, 3.8) is 0 Å². The Morgan fingerprint density at radius 2 is 1.74 bits per heavy atom. The molecule has 128 valence electrons. The Balaban J connectivity index is 2.19. The van der Waals surface area contributed by atoms with Crippen molar-refractivity contribution in [2.24, 2.45) is 5.92 Å². The fourth-order valence-corrected chi connectivity index (χ4v) is 3.16. The first-order valence-corrected chi connectivity index (χ1v) is 8.80. The summed E-state index contributed by atoms with van der Waals surface area (Å²) in [5, 5.41) is 0. The van der Waals surface area contributed by atoms with Crippen molar-refractivity contribution in [3.8, 4) is 11.5 Å². The Morgan fingerprint density at radius 1 is 1.13 bits per heavy atom. The molecule has 1 aromatic rings. The van der Waals surface area contributed by atoms with E-state index in [1.165, 1.54) is 11.1 Å². The molecule has 0 aliphatic carbocycles. The summed E-state index contributed by atoms with van der Waals surface area (Å²) in [4.78, 5) is 14.5. The van der Waals surface area contributed by atoms with Crippen LogP contribution in [0.2, 0.25) is 0 Å². The van der Waals surface area contributed by atoms with Gasteiger partial charge in [-0.25, -0.2) is 0 Å². The lowest BCUT2D eigenvalue weighted by atomic mass is 9.96. The molecule has 1 unspecified atom stereocenters. The molecular weight excluding hydrogens is 290 g/mol. The van der Waals surface area contributed by atoms with Crippen LogP contribution in [0.1, 0.15) is 51.7 Å². The number of carbonyl (C=O) groups excluding carboxylic acids is 1. The maximum absolute atomic E-state index is 12.5. The molecule has 0 radical (unpaired) electrons. The first-order chi connectivity index (χ1) is 11.1. The highest BCUT2D eigenvalue weighted by atomic mass is 16.5. The van der Waals surface area contributed by atoms with E-state index in [0.717, 1.165) is 37.3 Å². The van der Waals surface area contributed by atoms with Crippen molar-refractivity contribution >= 4 is 5.91 Å². The minimum atomic E-state index is 0.107. The van der Waals surface area contributed by atoms with E-state index in [4.69, 9.17) is 9.47 Å². The molecule has 0 fully saturated rings. The highest BCUT2D eigenvalue weighted by Gasteiger charge is 2.25. The number of fused-ring (bicyclic) bond motifs is 1. The Hall–Kier alpha value is -1.71. The zero-order chi connectivity index (χ0) is 16.8. The van der Waals surface area contributed by atoms with Gasteiger partial charge in [0.15, 0.2) is 11.5 Å². The van der Waals surface area contributed by atoms with Crippen molar-refractivity contribution in [1.82, 2.24) is 4.90 Å². The third-order valence-electron chi connectivity index (χ3n) is 4.33. The van der Waals surface area contributed by atoms with E-state index < -0.39 is 0 Å². The van der Waals surface area contributed by atoms with E-state index in [9.17, 15) is 4.79 Å². The van der Waals surface area contributed by atoms with Crippen LogP contribution in [-0.4, -0.2) is 30.6 Å². The van der Waals surface area contributed by atoms with Gasteiger partial charge in [-0.05, 0) is 49.9 Å². The molecule has 1 aliphatic rings. The Bertz CT molecular complexity index is 542. The topological polar surface area (TPSA) is 38.8 Å². The lowest BCUT2D eigenvalue weighted by molar-refractivity contribution is -0.136. The smallest absolute Gasteiger partial charge is 0.225 e. The SMILES string of the molecule is CCCC(C)C(=O)N1CCc2cc(OCC)c(OCC)cc2C1. The number of ether oxygens (including phenoxy) is 2. The van der Waals surface area contributed by atoms with Crippen LogP contribution in [0.15, 0.2) is 12.1 Å². The van der Waals surface area contributed by atoms with E-state index in [-0.39, 0.29) is 11.8 Å². The van der Waals surface area contributed by atoms with Gasteiger partial charge >= 0.3 is 0 Å². The van der Waals surface area contributed by atoms with Crippen LogP contribution < -0.4 is 9.47 Å². The molecular formula is C19H29NO3. The van der Waals surface area contributed by atoms with Gasteiger partial charge in [0.25, 0.3) is 0 Å². The number of hydrogen-bond donors (Lipinski definition) is 0. The molecule has 1 amide bonds. The first kappa shape index (κ1) is 17.6. The van der Waals surface area contributed by atoms with Crippen LogP contribution in [0.4, 0.5) is 0 Å². The number of hydrogen-bond acceptors (Lipinski definition) is 3. The summed E-state index contributed by atoms with van der Waals surface area (Å²) < 4.78 is 11.4. The summed E-state index contributed by atoms with van der Waals surface area (Å²) >= 11 is 0. The zero-order valence-corrected chi connectivity index (χ0v) is 14.9. The summed E-state index contributed by atoms with van der Waals surface area (Å²) in [6.07, 6.45) is 2.88. The molecule has 1 aliphatic heterocycles. The van der Waals surface area contributed by atoms with Crippen molar-refractivity contribution in [2.45, 2.75) is 53.5 Å². The normalized spacial score (nSPS) is 15.0. The summed E-state index contributed by atoms with van der Waals surface area (Å²) in [5.41, 5.74) is 2.45. The second kappa shape index (κ2) is 8.23. The predicted octanol–water partition coefficient (Wildman–Crippen LogP) is 3.80. The molecule has 4 heteroatoms. The third kappa shape index (κ3) is 4.18. The maximum atomic E-state index is 12.5. The molecule has 0 aromatic heterocycles. The van der Waals surface area contributed by atoms with Crippen LogP contribution >= 0.6 is 0 Å². The Labute approximate surface area is 139 Å². The van der Waals surface area contributed by atoms with Gasteiger partial charge in [-0.15, -0.1) is 0 Å². The van der Waals surface area contributed by atoms with E-state index in [0.29, 0.717) is 19.8 Å². The van der Waals surface area contributed by atoms with Crippen LogP contribution in [0.3, 0.4) is 0 Å². The van der Waals surface area contributed by atoms with E-state index in [1.807, 2.05) is 31.7 Å². The average Bonchev–Trinajstić information content (AvgIpc) is 2.55. The highest BCUT2D eigenvalue weighted by Crippen LogP contribution is 2.34. The van der Waals surface area contributed by atoms with Gasteiger partial charge in [-0.2, -0.15) is 0 Å². The van der Waals surface area contributed by atoms with Gasteiger partial charge in [-0.1, -0.05) is 20.3 Å². The van der Waals surface area contributed by atoms with Crippen molar-refractivity contribution in [2.75, 3.05) is 19.8 Å². The van der Waals surface area contributed by atoms with E-state index >= 15 is 0 Å². The molecule has 23 heavy (non-hydrogen) atoms. The predicted molar refractivity (Wildman–Crippen MR) is 92.0 cm³/mol. The molecule has 4 nitrogen and oxygen atoms in total. The summed E-state index contributed by atoms with van der Waals surface area (Å²) in [7, 11) is 0. The third-order valence-corrected chi connectivity index (χ3v) is 4.33. The molecule has 0 saturated carbocycles. The minimum absolute atomic E-state index is 0.107. The zero-order valence-electron chi connectivity index (χ0n) is 14.9. The van der Waals surface area contributed by atoms with Gasteiger partial charge in [0, 0.05) is 19.0 Å². The van der Waals surface area contributed by atoms with Gasteiger partial charge in [0.05, 0.1) is 13.2 Å². The molecule has 1 aromatic carbocycles. The quantitative estimate of drug-likeness (QED) is 0.767. The van der Waals surface area contributed by atoms with Gasteiger partial charge in [-0.3, -0.25) is 4.79 Å². The average molecular weight is 319 g/mol. The largest absolute Gasteiger partial charge is 0.490 e. The first-order valence-electron chi connectivity index (χ1n) is 8.80. The molecule has 2 rings (SSSR count). The Morgan fingerprint density at radius 3 is 2.30 bits per heavy atom. The van der Waals surface area contributed by atoms with Gasteiger partial charge in [0.2, 0.25) is 5.91 Å². The Kier molecular flexibility index (Phi) is 6.31. The van der Waals surface area contributed by atoms with Crippen molar-refractivity contribution in [3.05, 3.63) is 23.3 Å². The number of carbonyl (C=O) groups is 1. The molecule has 0 bridgehead atoms. The summed E-state index contributed by atoms with van der Waals surface area (Å²) in [5.74, 6) is 1.97. The fourth-order valence-electron chi connectivity index (χ4n) is 3.16. The number of rotatable bonds is 7. The molecule has 0 N–H and O–H groups in total. The lowest BCUT2D eigenvalue weighted by Gasteiger charge is -2.31. The van der Waals surface area contributed by atoms with Crippen LogP contribution in [0.25, 0.3) is 0 Å². The highest BCUT2D eigenvalue weighted by molar-refractivity contribution is 5.78. The maximum Gasteiger partial charge on any atom is 0.225 e. The van der Waals surface area contributed by atoms with E-state index in [2.05, 4.69) is 13.0 Å². The second-order valence-corrected chi connectivity index (χ2v) is 6.13. The second-order valence-electron chi connectivity index (χ2n) is 6.13. The standard InChI is InChI=1S/C19H29NO3/c1-5-8-14(4)19(21)20-10-9-15-11-17(22-6-2)18(23-7-3)12-16(15)13-20/h11-12,14H,5-10,13H2,1-4H3. The van der Waals surface area contributed by atoms with Crippen LogP contribution in [-0.2, 0) is 17.8 Å². The molecule has 1 heterocycles. The van der Waals surface area contributed by atoms with E-state index in [1.54, 1.807) is 0 Å². The fraction of sp³-hybridized carbons (Fsp3) is 0.632. The number of amides is 1. The van der Waals surface area contributed by atoms with Crippen LogP contribution in [0.5, 0.6) is 11.5 Å². The van der Waals surface area contributed by atoms with Gasteiger partial charge < -0.3 is 14.4 Å². The minimum Gasteiger partial charge on any atom is -0.490 e. The summed E-state index contributed by atoms with van der Waals surface area (Å²) in [6.45, 7) is 10.8. The monoisotopic (exact) mass is 319 g/mol. The molecule has 0 saturated heterocycles. The lowest BCUT2D eigenvalue weighted by Crippen LogP contribution is -2.39. The van der Waals surface area contributed by atoms with Gasteiger partial charge in [0.1, 0.15) is 0 Å². The van der Waals surface area contributed by atoms with Crippen molar-refractivity contribution in [1.29, 1.82) is 0 Å².